The minimum atomic E-state index is 0.585. The van der Waals surface area contributed by atoms with Gasteiger partial charge in [0.25, 0.3) is 0 Å². The third-order valence-electron chi connectivity index (χ3n) is 2.48. The summed E-state index contributed by atoms with van der Waals surface area (Å²) in [5, 5.41) is 0. The van der Waals surface area contributed by atoms with Crippen molar-refractivity contribution < 1.29 is 0 Å². The van der Waals surface area contributed by atoms with Crippen molar-refractivity contribution in [2.24, 2.45) is 5.92 Å². The second kappa shape index (κ2) is 3.18. The molecule has 0 saturated heterocycles. The van der Waals surface area contributed by atoms with Gasteiger partial charge in [-0.1, -0.05) is 31.6 Å². The fraction of sp³-hybridized carbons (Fsp3) is 0.455. The van der Waals surface area contributed by atoms with E-state index in [1.807, 2.05) is 0 Å². The molecule has 0 radical (unpaired) electrons. The van der Waals surface area contributed by atoms with Gasteiger partial charge in [-0.2, -0.15) is 0 Å². The predicted molar refractivity (Wildman–Crippen MR) is 51.5 cm³/mol. The van der Waals surface area contributed by atoms with Crippen molar-refractivity contribution in [3.8, 4) is 0 Å². The lowest BCUT2D eigenvalue weighted by Crippen LogP contribution is -2.15. The van der Waals surface area contributed by atoms with E-state index in [-0.39, 0.29) is 0 Å². The van der Waals surface area contributed by atoms with Gasteiger partial charge in [0, 0.05) is 24.4 Å². The molecule has 0 amide bonds. The molecule has 1 unspecified atom stereocenters. The van der Waals surface area contributed by atoms with E-state index in [1.165, 1.54) is 25.1 Å². The van der Waals surface area contributed by atoms with E-state index in [0.717, 1.165) is 0 Å². The quantitative estimate of drug-likeness (QED) is 0.615. The second-order valence-electron chi connectivity index (χ2n) is 3.39. The van der Waals surface area contributed by atoms with Gasteiger partial charge in [-0.25, -0.2) is 0 Å². The van der Waals surface area contributed by atoms with Crippen molar-refractivity contribution in [3.63, 3.8) is 0 Å². The fourth-order valence-electron chi connectivity index (χ4n) is 1.75. The van der Waals surface area contributed by atoms with Gasteiger partial charge >= 0.3 is 0 Å². The van der Waals surface area contributed by atoms with Gasteiger partial charge < -0.3 is 4.90 Å². The molecule has 12 heavy (non-hydrogen) atoms. The molecule has 0 N–H and O–H groups in total. The largest absolute Gasteiger partial charge is 0.351 e. The monoisotopic (exact) mass is 161 g/mol. The Kier molecular flexibility index (Phi) is 2.03. The molecule has 1 aliphatic carbocycles. The van der Waals surface area contributed by atoms with Crippen molar-refractivity contribution in [2.75, 3.05) is 6.54 Å². The van der Waals surface area contributed by atoms with Crippen LogP contribution in [0.25, 0.3) is 0 Å². The average Bonchev–Trinajstić information content (AvgIpc) is 2.62. The summed E-state index contributed by atoms with van der Waals surface area (Å²) in [6, 6.07) is 0. The topological polar surface area (TPSA) is 3.24 Å². The minimum Gasteiger partial charge on any atom is -0.351 e. The normalized spacial score (nSPS) is 24.9. The molecule has 2 aliphatic rings. The Hall–Kier alpha value is -0.980. The lowest BCUT2D eigenvalue weighted by atomic mass is 10.1. The molecule has 1 heterocycles. The highest BCUT2D eigenvalue weighted by Gasteiger charge is 2.21. The molecule has 64 valence electrons. The molecule has 0 aromatic rings. The van der Waals surface area contributed by atoms with Gasteiger partial charge in [-0.05, 0) is 12.5 Å². The van der Waals surface area contributed by atoms with Gasteiger partial charge in [-0.15, -0.1) is 0 Å². The summed E-state index contributed by atoms with van der Waals surface area (Å²) in [6.07, 6.45) is 13.7. The lowest BCUT2D eigenvalue weighted by molar-refractivity contribution is 0.451. The summed E-state index contributed by atoms with van der Waals surface area (Å²) in [6.45, 7) is 3.41. The molecule has 0 aromatic carbocycles. The number of fused-ring (bicyclic) bond motifs is 1. The Morgan fingerprint density at radius 3 is 3.17 bits per heavy atom. The van der Waals surface area contributed by atoms with Gasteiger partial charge in [0.2, 0.25) is 0 Å². The van der Waals surface area contributed by atoms with E-state index in [2.05, 4.69) is 42.3 Å². The van der Waals surface area contributed by atoms with Crippen molar-refractivity contribution in [2.45, 2.75) is 19.8 Å². The zero-order chi connectivity index (χ0) is 8.39. The highest BCUT2D eigenvalue weighted by molar-refractivity contribution is 5.35. The Balaban J connectivity index is 1.97. The maximum Gasteiger partial charge on any atom is 0.0372 e. The van der Waals surface area contributed by atoms with Crippen molar-refractivity contribution >= 4 is 0 Å². The first-order chi connectivity index (χ1) is 5.92. The summed E-state index contributed by atoms with van der Waals surface area (Å²) >= 11 is 0. The van der Waals surface area contributed by atoms with Crippen LogP contribution in [-0.2, 0) is 0 Å². The zero-order valence-corrected chi connectivity index (χ0v) is 7.53. The molecule has 0 aromatic heterocycles. The van der Waals surface area contributed by atoms with Crippen LogP contribution in [0.3, 0.4) is 0 Å². The minimum absolute atomic E-state index is 0.585. The lowest BCUT2D eigenvalue weighted by Gasteiger charge is -2.18. The average molecular weight is 161 g/mol. The van der Waals surface area contributed by atoms with Crippen LogP contribution in [0.15, 0.2) is 36.2 Å². The van der Waals surface area contributed by atoms with E-state index in [1.54, 1.807) is 0 Å². The first-order valence-corrected chi connectivity index (χ1v) is 4.75. The van der Waals surface area contributed by atoms with Crippen LogP contribution in [0.4, 0.5) is 0 Å². The molecule has 0 saturated carbocycles. The van der Waals surface area contributed by atoms with Crippen molar-refractivity contribution in [1.29, 1.82) is 0 Å². The van der Waals surface area contributed by atoms with Gasteiger partial charge in [0.1, 0.15) is 0 Å². The highest BCUT2D eigenvalue weighted by Crippen LogP contribution is 2.30. The van der Waals surface area contributed by atoms with Crippen LogP contribution >= 0.6 is 0 Å². The van der Waals surface area contributed by atoms with Crippen molar-refractivity contribution in [1.82, 2.24) is 4.90 Å². The van der Waals surface area contributed by atoms with E-state index in [4.69, 9.17) is 0 Å². The summed E-state index contributed by atoms with van der Waals surface area (Å²) < 4.78 is 0. The third kappa shape index (κ3) is 1.20. The maximum absolute atomic E-state index is 2.37. The molecule has 0 spiro atoms. The van der Waals surface area contributed by atoms with Gasteiger partial charge in [-0.3, -0.25) is 0 Å². The number of hydrogen-bond acceptors (Lipinski definition) is 1. The van der Waals surface area contributed by atoms with Gasteiger partial charge in [0.05, 0.1) is 0 Å². The van der Waals surface area contributed by atoms with E-state index in [9.17, 15) is 0 Å². The van der Waals surface area contributed by atoms with Crippen LogP contribution in [0.2, 0.25) is 0 Å². The molecule has 1 atom stereocenters. The summed E-state index contributed by atoms with van der Waals surface area (Å²) in [5.41, 5.74) is 1.46. The van der Waals surface area contributed by atoms with E-state index < -0.39 is 0 Å². The third-order valence-corrected chi connectivity index (χ3v) is 2.48. The number of unbranched alkanes of at least 4 members (excludes halogenated alkanes) is 1. The molecule has 1 nitrogen and oxygen atoms in total. The first-order valence-electron chi connectivity index (χ1n) is 4.75. The number of hydrogen-bond donors (Lipinski definition) is 0. The van der Waals surface area contributed by atoms with Crippen LogP contribution in [0.1, 0.15) is 19.8 Å². The summed E-state index contributed by atoms with van der Waals surface area (Å²) in [7, 11) is 0. The van der Waals surface area contributed by atoms with Crippen molar-refractivity contribution in [3.05, 3.63) is 36.2 Å². The van der Waals surface area contributed by atoms with Crippen LogP contribution in [-0.4, -0.2) is 11.4 Å². The SMILES string of the molecule is CCCCN1C=CC2C=CC=C21. The molecular weight excluding hydrogens is 146 g/mol. The maximum atomic E-state index is 2.37. The highest BCUT2D eigenvalue weighted by atomic mass is 15.1. The Labute approximate surface area is 74.1 Å². The van der Waals surface area contributed by atoms with E-state index in [0.29, 0.717) is 5.92 Å². The first kappa shape index (κ1) is 7.66. The number of allylic oxidation sites excluding steroid dienone is 3. The summed E-state index contributed by atoms with van der Waals surface area (Å²) in [5.74, 6) is 0.585. The Morgan fingerprint density at radius 1 is 1.42 bits per heavy atom. The molecule has 1 aliphatic heterocycles. The predicted octanol–water partition coefficient (Wildman–Crippen LogP) is 2.69. The molecule has 0 fully saturated rings. The Bertz CT molecular complexity index is 248. The molecular formula is C11H15N. The van der Waals surface area contributed by atoms with Crippen LogP contribution in [0, 0.1) is 5.92 Å². The summed E-state index contributed by atoms with van der Waals surface area (Å²) in [4.78, 5) is 2.37. The number of rotatable bonds is 3. The molecule has 2 rings (SSSR count). The second-order valence-corrected chi connectivity index (χ2v) is 3.39. The zero-order valence-electron chi connectivity index (χ0n) is 7.53. The molecule has 1 heteroatoms. The standard InChI is InChI=1S/C11H15N/c1-2-3-8-12-9-7-10-5-4-6-11(10)12/h4-7,9-10H,2-3,8H2,1H3. The number of nitrogens with zero attached hydrogens (tertiary/aromatic N) is 1. The molecule has 0 bridgehead atoms. The fourth-order valence-corrected chi connectivity index (χ4v) is 1.75. The Morgan fingerprint density at radius 2 is 2.33 bits per heavy atom. The van der Waals surface area contributed by atoms with Crippen LogP contribution in [0.5, 0.6) is 0 Å². The smallest absolute Gasteiger partial charge is 0.0372 e. The van der Waals surface area contributed by atoms with E-state index >= 15 is 0 Å². The van der Waals surface area contributed by atoms with Crippen LogP contribution < -0.4 is 0 Å². The van der Waals surface area contributed by atoms with Gasteiger partial charge in [0.15, 0.2) is 0 Å².